The number of rotatable bonds is 6. The summed E-state index contributed by atoms with van der Waals surface area (Å²) in [5, 5.41) is 16.0. The zero-order chi connectivity index (χ0) is 22.6. The molecule has 5 rings (SSSR count). The Labute approximate surface area is 198 Å². The highest BCUT2D eigenvalue weighted by Gasteiger charge is 2.29. The summed E-state index contributed by atoms with van der Waals surface area (Å²) in [4.78, 5) is 17.2. The molecule has 1 amide bonds. The molecule has 2 aromatic heterocycles. The number of nitrogens with zero attached hydrogens (tertiary/aromatic N) is 6. The predicted molar refractivity (Wildman–Crippen MR) is 130 cm³/mol. The van der Waals surface area contributed by atoms with Gasteiger partial charge in [-0.15, -0.1) is 10.2 Å². The van der Waals surface area contributed by atoms with Crippen molar-refractivity contribution in [3.8, 4) is 11.4 Å². The zero-order valence-corrected chi connectivity index (χ0v) is 19.6. The number of thioether (sulfide) groups is 1. The number of aromatic nitrogens is 4. The van der Waals surface area contributed by atoms with Crippen molar-refractivity contribution in [2.24, 2.45) is 11.0 Å². The molecule has 2 aliphatic rings. The number of amides is 1. The van der Waals surface area contributed by atoms with Gasteiger partial charge in [0.2, 0.25) is 0 Å². The van der Waals surface area contributed by atoms with E-state index in [2.05, 4.69) is 31.8 Å². The van der Waals surface area contributed by atoms with E-state index in [1.807, 2.05) is 48.7 Å². The fourth-order valence-electron chi connectivity index (χ4n) is 4.72. The highest BCUT2D eigenvalue weighted by atomic mass is 32.2. The van der Waals surface area contributed by atoms with E-state index in [1.54, 1.807) is 11.2 Å². The Morgan fingerprint density at radius 2 is 1.88 bits per heavy atom. The molecule has 1 aliphatic heterocycles. The number of benzene rings is 1. The van der Waals surface area contributed by atoms with Gasteiger partial charge in [0.05, 0.1) is 18.0 Å². The maximum atomic E-state index is 13.0. The van der Waals surface area contributed by atoms with Gasteiger partial charge < -0.3 is 0 Å². The zero-order valence-electron chi connectivity index (χ0n) is 18.8. The van der Waals surface area contributed by atoms with Gasteiger partial charge in [0.15, 0.2) is 11.0 Å². The van der Waals surface area contributed by atoms with Gasteiger partial charge in [0.25, 0.3) is 5.91 Å². The highest BCUT2D eigenvalue weighted by Crippen LogP contribution is 2.39. The van der Waals surface area contributed by atoms with Gasteiger partial charge in [0.1, 0.15) is 0 Å². The average Bonchev–Trinajstić information content (AvgIpc) is 3.52. The second-order valence-electron chi connectivity index (χ2n) is 8.72. The third-order valence-electron chi connectivity index (χ3n) is 6.50. The Morgan fingerprint density at radius 3 is 2.67 bits per heavy atom. The minimum atomic E-state index is 0.0000940. The Balaban J connectivity index is 1.35. The Morgan fingerprint density at radius 1 is 1.06 bits per heavy atom. The number of carbonyl (C=O) groups excluding carboxylic acids is 1. The number of hydrogen-bond acceptors (Lipinski definition) is 6. The molecule has 0 spiro atoms. The lowest BCUT2D eigenvalue weighted by atomic mass is 9.85. The summed E-state index contributed by atoms with van der Waals surface area (Å²) >= 11 is 1.46. The molecule has 1 aliphatic carbocycles. The normalized spacial score (nSPS) is 20.6. The minimum Gasteiger partial charge on any atom is -0.299 e. The van der Waals surface area contributed by atoms with Gasteiger partial charge in [-0.25, -0.2) is 5.01 Å². The van der Waals surface area contributed by atoms with Crippen LogP contribution in [0.3, 0.4) is 0 Å². The van der Waals surface area contributed by atoms with Crippen molar-refractivity contribution in [2.75, 3.05) is 12.3 Å². The molecule has 0 radical (unpaired) electrons. The molecular formula is C25H28N6OS. The van der Waals surface area contributed by atoms with Crippen LogP contribution in [0.25, 0.3) is 11.4 Å². The molecule has 0 bridgehead atoms. The van der Waals surface area contributed by atoms with E-state index in [9.17, 15) is 4.79 Å². The molecule has 0 saturated heterocycles. The van der Waals surface area contributed by atoms with Crippen LogP contribution in [0.1, 0.15) is 50.6 Å². The van der Waals surface area contributed by atoms with Crippen LogP contribution >= 0.6 is 11.8 Å². The quantitative estimate of drug-likeness (QED) is 0.493. The average molecular weight is 461 g/mol. The van der Waals surface area contributed by atoms with Crippen LogP contribution in [0.5, 0.6) is 0 Å². The maximum absolute atomic E-state index is 13.0. The van der Waals surface area contributed by atoms with Crippen LogP contribution in [0, 0.1) is 5.92 Å². The molecule has 3 aromatic rings. The summed E-state index contributed by atoms with van der Waals surface area (Å²) in [7, 11) is 0. The van der Waals surface area contributed by atoms with Crippen molar-refractivity contribution < 1.29 is 4.79 Å². The number of hydrazone groups is 1. The van der Waals surface area contributed by atoms with E-state index < -0.39 is 0 Å². The summed E-state index contributed by atoms with van der Waals surface area (Å²) in [6.45, 7) is 2.93. The topological polar surface area (TPSA) is 76.3 Å². The van der Waals surface area contributed by atoms with Crippen LogP contribution in [0.4, 0.5) is 0 Å². The van der Waals surface area contributed by atoms with Crippen LogP contribution in [-0.2, 0) is 4.79 Å². The summed E-state index contributed by atoms with van der Waals surface area (Å²) in [6, 6.07) is 14.3. The van der Waals surface area contributed by atoms with Crippen LogP contribution in [0.15, 0.2) is 65.1 Å². The molecular weight excluding hydrogens is 432 g/mol. The molecule has 1 saturated carbocycles. The molecule has 8 heteroatoms. The van der Waals surface area contributed by atoms with E-state index in [0.29, 0.717) is 18.5 Å². The summed E-state index contributed by atoms with van der Waals surface area (Å²) in [5.74, 6) is 1.66. The van der Waals surface area contributed by atoms with Gasteiger partial charge in [-0.1, -0.05) is 61.9 Å². The molecule has 33 heavy (non-hydrogen) atoms. The van der Waals surface area contributed by atoms with E-state index in [1.165, 1.54) is 31.0 Å². The van der Waals surface area contributed by atoms with Gasteiger partial charge in [0, 0.05) is 30.4 Å². The van der Waals surface area contributed by atoms with Gasteiger partial charge >= 0.3 is 0 Å². The summed E-state index contributed by atoms with van der Waals surface area (Å²) in [5.41, 5.74) is 3.00. The first-order chi connectivity index (χ1) is 16.2. The second kappa shape index (κ2) is 9.87. The number of carbonyl (C=O) groups is 1. The monoisotopic (exact) mass is 460 g/mol. The first-order valence-electron chi connectivity index (χ1n) is 11.6. The van der Waals surface area contributed by atoms with E-state index in [0.717, 1.165) is 40.7 Å². The van der Waals surface area contributed by atoms with Crippen LogP contribution in [-0.4, -0.2) is 48.7 Å². The van der Waals surface area contributed by atoms with Gasteiger partial charge in [-0.3, -0.25) is 14.3 Å². The molecule has 170 valence electrons. The largest absolute Gasteiger partial charge is 0.299 e. The fraction of sp³-hybridized carbons (Fsp3) is 0.400. The van der Waals surface area contributed by atoms with E-state index >= 15 is 0 Å². The molecule has 1 fully saturated rings. The standard InChI is InChI=1S/C25H28N6OS/c1-18-8-5-6-12-22(18)31-24(20-11-7-14-26-16-20)27-28-25(31)33-17-23(32)30-15-13-21(29-30)19-9-3-2-4-10-19/h2-4,7,9-11,14,16,18,22H,5-6,8,12-13,15,17H2,1H3/t18-,22+/m0/s1. The van der Waals surface area contributed by atoms with Crippen molar-refractivity contribution >= 4 is 23.4 Å². The lowest BCUT2D eigenvalue weighted by Crippen LogP contribution is -2.26. The lowest BCUT2D eigenvalue weighted by Gasteiger charge is -2.31. The minimum absolute atomic E-state index is 0.0000940. The SMILES string of the molecule is C[C@H]1CCCC[C@H]1n1c(SCC(=O)N2CCC(c3ccccc3)=N2)nnc1-c1cccnc1. The van der Waals surface area contributed by atoms with Crippen LogP contribution in [0.2, 0.25) is 0 Å². The molecule has 1 aromatic carbocycles. The Bertz CT molecular complexity index is 1130. The fourth-order valence-corrected chi connectivity index (χ4v) is 5.58. The maximum Gasteiger partial charge on any atom is 0.253 e. The smallest absolute Gasteiger partial charge is 0.253 e. The van der Waals surface area contributed by atoms with Crippen molar-refractivity contribution in [1.29, 1.82) is 0 Å². The van der Waals surface area contributed by atoms with E-state index in [-0.39, 0.29) is 11.7 Å². The van der Waals surface area contributed by atoms with E-state index in [4.69, 9.17) is 0 Å². The van der Waals surface area contributed by atoms with Crippen LogP contribution < -0.4 is 0 Å². The Kier molecular flexibility index (Phi) is 6.53. The first kappa shape index (κ1) is 21.8. The third-order valence-corrected chi connectivity index (χ3v) is 7.43. The molecule has 3 heterocycles. The number of hydrogen-bond donors (Lipinski definition) is 0. The second-order valence-corrected chi connectivity index (χ2v) is 9.66. The van der Waals surface area contributed by atoms with Gasteiger partial charge in [-0.2, -0.15) is 5.10 Å². The van der Waals surface area contributed by atoms with Crippen molar-refractivity contribution in [3.05, 3.63) is 60.4 Å². The predicted octanol–water partition coefficient (Wildman–Crippen LogP) is 4.82. The third kappa shape index (κ3) is 4.71. The molecule has 2 atom stereocenters. The summed E-state index contributed by atoms with van der Waals surface area (Å²) in [6.07, 6.45) is 9.14. The first-order valence-corrected chi connectivity index (χ1v) is 12.6. The number of pyridine rings is 1. The Hall–Kier alpha value is -3.00. The lowest BCUT2D eigenvalue weighted by molar-refractivity contribution is -0.127. The molecule has 0 N–H and O–H groups in total. The summed E-state index contributed by atoms with van der Waals surface area (Å²) < 4.78 is 2.25. The molecule has 0 unspecified atom stereocenters. The molecule has 7 nitrogen and oxygen atoms in total. The van der Waals surface area contributed by atoms with Crippen molar-refractivity contribution in [1.82, 2.24) is 24.8 Å². The van der Waals surface area contributed by atoms with Crippen molar-refractivity contribution in [2.45, 2.75) is 50.2 Å². The highest BCUT2D eigenvalue weighted by molar-refractivity contribution is 7.99. The van der Waals surface area contributed by atoms with Gasteiger partial charge in [-0.05, 0) is 36.5 Å². The van der Waals surface area contributed by atoms with Crippen molar-refractivity contribution in [3.63, 3.8) is 0 Å².